The number of amides is 1. The van der Waals surface area contributed by atoms with Crippen molar-refractivity contribution in [1.82, 2.24) is 4.90 Å². The Balaban J connectivity index is 2.02. The molecular weight excluding hydrogens is 256 g/mol. The van der Waals surface area contributed by atoms with Crippen LogP contribution in [-0.4, -0.2) is 48.3 Å². The summed E-state index contributed by atoms with van der Waals surface area (Å²) in [5.74, 6) is -0.158. The third kappa shape index (κ3) is 3.35. The molecule has 1 aliphatic rings. The highest BCUT2D eigenvalue weighted by Crippen LogP contribution is 2.22. The number of carbonyl (C=O) groups is 1. The second kappa shape index (κ2) is 6.04. The van der Waals surface area contributed by atoms with Crippen molar-refractivity contribution in [2.75, 3.05) is 26.8 Å². The molecule has 1 aromatic rings. The minimum Gasteiger partial charge on any atom is -0.388 e. The standard InChI is InChI=1S/C15H18N2O3/c1-17(11-15(19)6-8-20-9-7-15)14(18)13-4-2-12(10-16)3-5-13/h2-5,19H,6-9,11H2,1H3. The zero-order valence-corrected chi connectivity index (χ0v) is 11.5. The van der Waals surface area contributed by atoms with E-state index in [9.17, 15) is 9.90 Å². The Kier molecular flexibility index (Phi) is 4.38. The van der Waals surface area contributed by atoms with E-state index in [-0.39, 0.29) is 12.5 Å². The van der Waals surface area contributed by atoms with Crippen molar-refractivity contribution in [3.8, 4) is 6.07 Å². The maximum absolute atomic E-state index is 12.3. The molecule has 1 aromatic carbocycles. The SMILES string of the molecule is CN(CC1(O)CCOCC1)C(=O)c1ccc(C#N)cc1. The number of ether oxygens (including phenoxy) is 1. The molecule has 2 rings (SSSR count). The highest BCUT2D eigenvalue weighted by atomic mass is 16.5. The normalized spacial score (nSPS) is 17.2. The smallest absolute Gasteiger partial charge is 0.253 e. The molecule has 1 N–H and O–H groups in total. The van der Waals surface area contributed by atoms with Gasteiger partial charge in [-0.3, -0.25) is 4.79 Å². The fourth-order valence-corrected chi connectivity index (χ4v) is 2.33. The van der Waals surface area contributed by atoms with Gasteiger partial charge in [-0.05, 0) is 24.3 Å². The van der Waals surface area contributed by atoms with E-state index in [4.69, 9.17) is 10.00 Å². The Bertz CT molecular complexity index is 513. The predicted molar refractivity (Wildman–Crippen MR) is 73.1 cm³/mol. The van der Waals surface area contributed by atoms with Crippen molar-refractivity contribution in [3.05, 3.63) is 35.4 Å². The van der Waals surface area contributed by atoms with Gasteiger partial charge in [-0.1, -0.05) is 0 Å². The van der Waals surface area contributed by atoms with E-state index in [2.05, 4.69) is 0 Å². The van der Waals surface area contributed by atoms with Gasteiger partial charge in [0.05, 0.1) is 17.2 Å². The van der Waals surface area contributed by atoms with Gasteiger partial charge in [0.1, 0.15) is 0 Å². The summed E-state index contributed by atoms with van der Waals surface area (Å²) in [4.78, 5) is 13.8. The molecule has 0 bridgehead atoms. The maximum Gasteiger partial charge on any atom is 0.253 e. The number of likely N-dealkylation sites (N-methyl/N-ethyl adjacent to an activating group) is 1. The minimum absolute atomic E-state index is 0.158. The van der Waals surface area contributed by atoms with Gasteiger partial charge in [0.2, 0.25) is 0 Å². The number of rotatable bonds is 3. The Morgan fingerprint density at radius 3 is 2.55 bits per heavy atom. The van der Waals surface area contributed by atoms with Crippen LogP contribution >= 0.6 is 0 Å². The second-order valence-corrected chi connectivity index (χ2v) is 5.19. The Hall–Kier alpha value is -1.90. The van der Waals surface area contributed by atoms with Gasteiger partial charge in [0.25, 0.3) is 5.91 Å². The van der Waals surface area contributed by atoms with E-state index in [1.165, 1.54) is 4.90 Å². The van der Waals surface area contributed by atoms with Crippen LogP contribution < -0.4 is 0 Å². The number of hydrogen-bond acceptors (Lipinski definition) is 4. The Morgan fingerprint density at radius 1 is 1.40 bits per heavy atom. The van der Waals surface area contributed by atoms with Crippen molar-refractivity contribution in [3.63, 3.8) is 0 Å². The summed E-state index contributed by atoms with van der Waals surface area (Å²) in [7, 11) is 1.67. The van der Waals surface area contributed by atoms with Gasteiger partial charge in [-0.15, -0.1) is 0 Å². The molecule has 1 amide bonds. The van der Waals surface area contributed by atoms with Crippen LogP contribution in [0.5, 0.6) is 0 Å². The molecule has 20 heavy (non-hydrogen) atoms. The first kappa shape index (κ1) is 14.5. The highest BCUT2D eigenvalue weighted by molar-refractivity contribution is 5.94. The second-order valence-electron chi connectivity index (χ2n) is 5.19. The molecule has 0 radical (unpaired) electrons. The topological polar surface area (TPSA) is 73.6 Å². The molecule has 0 atom stereocenters. The third-order valence-electron chi connectivity index (χ3n) is 3.56. The van der Waals surface area contributed by atoms with Crippen LogP contribution in [0.2, 0.25) is 0 Å². The first-order valence-corrected chi connectivity index (χ1v) is 6.60. The Labute approximate surface area is 118 Å². The molecule has 1 saturated heterocycles. The van der Waals surface area contributed by atoms with Crippen LogP contribution in [0.4, 0.5) is 0 Å². The lowest BCUT2D eigenvalue weighted by molar-refractivity contribution is -0.0734. The number of aliphatic hydroxyl groups is 1. The summed E-state index contributed by atoms with van der Waals surface area (Å²) in [6.07, 6.45) is 1.08. The number of nitriles is 1. The van der Waals surface area contributed by atoms with E-state index in [0.29, 0.717) is 37.2 Å². The van der Waals surface area contributed by atoms with Crippen molar-refractivity contribution in [2.24, 2.45) is 0 Å². The lowest BCUT2D eigenvalue weighted by Gasteiger charge is -2.35. The molecular formula is C15H18N2O3. The summed E-state index contributed by atoms with van der Waals surface area (Å²) in [6, 6.07) is 8.51. The molecule has 0 unspecified atom stereocenters. The zero-order valence-electron chi connectivity index (χ0n) is 11.5. The average molecular weight is 274 g/mol. The molecule has 106 valence electrons. The fourth-order valence-electron chi connectivity index (χ4n) is 2.33. The molecule has 1 heterocycles. The number of carbonyl (C=O) groups excluding carboxylic acids is 1. The summed E-state index contributed by atoms with van der Waals surface area (Å²) in [5.41, 5.74) is 0.171. The summed E-state index contributed by atoms with van der Waals surface area (Å²) < 4.78 is 5.22. The van der Waals surface area contributed by atoms with Crippen molar-refractivity contribution in [2.45, 2.75) is 18.4 Å². The molecule has 0 aliphatic carbocycles. The fraction of sp³-hybridized carbons (Fsp3) is 0.467. The van der Waals surface area contributed by atoms with Crippen molar-refractivity contribution >= 4 is 5.91 Å². The van der Waals surface area contributed by atoms with E-state index in [1.807, 2.05) is 6.07 Å². The van der Waals surface area contributed by atoms with E-state index in [1.54, 1.807) is 31.3 Å². The number of nitrogens with zero attached hydrogens (tertiary/aromatic N) is 2. The van der Waals surface area contributed by atoms with E-state index in [0.717, 1.165) is 0 Å². The van der Waals surface area contributed by atoms with Crippen LogP contribution in [0.15, 0.2) is 24.3 Å². The lowest BCUT2D eigenvalue weighted by Crippen LogP contribution is -2.47. The highest BCUT2D eigenvalue weighted by Gasteiger charge is 2.32. The number of hydrogen-bond donors (Lipinski definition) is 1. The van der Waals surface area contributed by atoms with Crippen molar-refractivity contribution < 1.29 is 14.6 Å². The van der Waals surface area contributed by atoms with E-state index >= 15 is 0 Å². The van der Waals surface area contributed by atoms with Gasteiger partial charge in [0, 0.05) is 45.2 Å². The van der Waals surface area contributed by atoms with Crippen LogP contribution in [-0.2, 0) is 4.74 Å². The summed E-state index contributed by atoms with van der Waals surface area (Å²) in [5, 5.41) is 19.1. The zero-order chi connectivity index (χ0) is 14.6. The minimum atomic E-state index is -0.866. The van der Waals surface area contributed by atoms with Gasteiger partial charge in [-0.2, -0.15) is 5.26 Å². The maximum atomic E-state index is 12.3. The molecule has 5 nitrogen and oxygen atoms in total. The van der Waals surface area contributed by atoms with Crippen LogP contribution in [0.1, 0.15) is 28.8 Å². The van der Waals surface area contributed by atoms with Crippen LogP contribution in [0.25, 0.3) is 0 Å². The third-order valence-corrected chi connectivity index (χ3v) is 3.56. The van der Waals surface area contributed by atoms with Gasteiger partial charge < -0.3 is 14.7 Å². The molecule has 5 heteroatoms. The van der Waals surface area contributed by atoms with Crippen LogP contribution in [0.3, 0.4) is 0 Å². The first-order chi connectivity index (χ1) is 9.54. The van der Waals surface area contributed by atoms with Gasteiger partial charge in [-0.25, -0.2) is 0 Å². The van der Waals surface area contributed by atoms with Gasteiger partial charge in [0.15, 0.2) is 0 Å². The molecule has 1 fully saturated rings. The van der Waals surface area contributed by atoms with E-state index < -0.39 is 5.60 Å². The largest absolute Gasteiger partial charge is 0.388 e. The summed E-state index contributed by atoms with van der Waals surface area (Å²) in [6.45, 7) is 1.33. The molecule has 0 spiro atoms. The first-order valence-electron chi connectivity index (χ1n) is 6.60. The number of benzene rings is 1. The average Bonchev–Trinajstić information content (AvgIpc) is 2.47. The Morgan fingerprint density at radius 2 is 2.00 bits per heavy atom. The van der Waals surface area contributed by atoms with Crippen molar-refractivity contribution in [1.29, 1.82) is 5.26 Å². The monoisotopic (exact) mass is 274 g/mol. The van der Waals surface area contributed by atoms with Gasteiger partial charge >= 0.3 is 0 Å². The quantitative estimate of drug-likeness (QED) is 0.898. The molecule has 0 aromatic heterocycles. The molecule has 0 saturated carbocycles. The lowest BCUT2D eigenvalue weighted by atomic mass is 9.93. The summed E-state index contributed by atoms with van der Waals surface area (Å²) >= 11 is 0. The van der Waals surface area contributed by atoms with Crippen LogP contribution in [0, 0.1) is 11.3 Å². The predicted octanol–water partition coefficient (Wildman–Crippen LogP) is 1.17. The molecule has 1 aliphatic heterocycles.